The molecule has 21 heavy (non-hydrogen) atoms. The first kappa shape index (κ1) is 14.6. The number of nitro benzene ring substituents is 1. The van der Waals surface area contributed by atoms with Crippen LogP contribution in [0.3, 0.4) is 0 Å². The molecule has 7 nitrogen and oxygen atoms in total. The average Bonchev–Trinajstić information content (AvgIpc) is 2.84. The van der Waals surface area contributed by atoms with Crippen molar-refractivity contribution in [1.82, 2.24) is 9.78 Å². The summed E-state index contributed by atoms with van der Waals surface area (Å²) in [5.41, 5.74) is 0.486. The zero-order valence-corrected chi connectivity index (χ0v) is 11.2. The van der Waals surface area contributed by atoms with Crippen LogP contribution in [0.5, 0.6) is 0 Å². The SMILES string of the molecule is Cc1cnn(CCC(=O)Nc2cc([N+](=O)[O-])ccc2F)c1. The number of aromatic nitrogens is 2. The fraction of sp³-hybridized carbons (Fsp3) is 0.231. The summed E-state index contributed by atoms with van der Waals surface area (Å²) in [5, 5.41) is 17.0. The van der Waals surface area contributed by atoms with Gasteiger partial charge in [0, 0.05) is 31.3 Å². The number of hydrogen-bond donors (Lipinski definition) is 1. The van der Waals surface area contributed by atoms with Crippen LogP contribution in [0.25, 0.3) is 0 Å². The van der Waals surface area contributed by atoms with E-state index in [0.717, 1.165) is 23.8 Å². The minimum absolute atomic E-state index is 0.0866. The highest BCUT2D eigenvalue weighted by Crippen LogP contribution is 2.21. The van der Waals surface area contributed by atoms with Gasteiger partial charge in [-0.15, -0.1) is 0 Å². The van der Waals surface area contributed by atoms with Crippen molar-refractivity contribution in [2.45, 2.75) is 19.9 Å². The summed E-state index contributed by atoms with van der Waals surface area (Å²) in [6, 6.07) is 2.98. The molecule has 0 bridgehead atoms. The van der Waals surface area contributed by atoms with E-state index in [1.807, 2.05) is 6.92 Å². The number of nitrogens with one attached hydrogen (secondary N) is 1. The Morgan fingerprint density at radius 3 is 2.90 bits per heavy atom. The molecule has 0 saturated heterocycles. The fourth-order valence-electron chi connectivity index (χ4n) is 1.74. The summed E-state index contributed by atoms with van der Waals surface area (Å²) in [4.78, 5) is 21.7. The Morgan fingerprint density at radius 2 is 2.29 bits per heavy atom. The molecule has 1 heterocycles. The van der Waals surface area contributed by atoms with Gasteiger partial charge in [-0.2, -0.15) is 5.10 Å². The quantitative estimate of drug-likeness (QED) is 0.676. The number of carbonyl (C=O) groups excluding carboxylic acids is 1. The lowest BCUT2D eigenvalue weighted by molar-refractivity contribution is -0.384. The van der Waals surface area contributed by atoms with E-state index in [-0.39, 0.29) is 17.8 Å². The van der Waals surface area contributed by atoms with Crippen LogP contribution < -0.4 is 5.32 Å². The topological polar surface area (TPSA) is 90.1 Å². The highest BCUT2D eigenvalue weighted by atomic mass is 19.1. The van der Waals surface area contributed by atoms with Crippen molar-refractivity contribution in [3.63, 3.8) is 0 Å². The third kappa shape index (κ3) is 3.85. The van der Waals surface area contributed by atoms with Crippen LogP contribution in [0.2, 0.25) is 0 Å². The van der Waals surface area contributed by atoms with Crippen molar-refractivity contribution in [2.24, 2.45) is 0 Å². The van der Waals surface area contributed by atoms with Crippen molar-refractivity contribution in [3.05, 3.63) is 52.1 Å². The monoisotopic (exact) mass is 292 g/mol. The maximum Gasteiger partial charge on any atom is 0.271 e. The number of carbonyl (C=O) groups is 1. The Kier molecular flexibility index (Phi) is 4.27. The second kappa shape index (κ2) is 6.12. The van der Waals surface area contributed by atoms with Crippen LogP contribution in [-0.4, -0.2) is 20.6 Å². The Labute approximate surface area is 119 Å². The van der Waals surface area contributed by atoms with Gasteiger partial charge < -0.3 is 5.32 Å². The number of benzene rings is 1. The Morgan fingerprint density at radius 1 is 1.52 bits per heavy atom. The minimum atomic E-state index is -0.719. The van der Waals surface area contributed by atoms with Gasteiger partial charge >= 0.3 is 0 Å². The zero-order valence-electron chi connectivity index (χ0n) is 11.2. The highest BCUT2D eigenvalue weighted by molar-refractivity contribution is 5.91. The lowest BCUT2D eigenvalue weighted by atomic mass is 10.2. The second-order valence-electron chi connectivity index (χ2n) is 4.50. The van der Waals surface area contributed by atoms with Crippen LogP contribution in [0.4, 0.5) is 15.8 Å². The molecule has 0 atom stereocenters. The molecule has 0 aliphatic heterocycles. The first-order chi connectivity index (χ1) is 9.95. The normalized spacial score (nSPS) is 10.4. The summed E-state index contributed by atoms with van der Waals surface area (Å²) in [6.07, 6.45) is 3.53. The molecule has 0 unspecified atom stereocenters. The molecule has 0 fully saturated rings. The summed E-state index contributed by atoms with van der Waals surface area (Å²) in [5.74, 6) is -1.16. The molecule has 2 aromatic rings. The molecular formula is C13H13FN4O3. The summed E-state index contributed by atoms with van der Waals surface area (Å²) in [6.45, 7) is 2.22. The number of hydrogen-bond acceptors (Lipinski definition) is 4. The molecule has 0 radical (unpaired) electrons. The van der Waals surface area contributed by atoms with E-state index in [9.17, 15) is 19.3 Å². The lowest BCUT2D eigenvalue weighted by Crippen LogP contribution is -2.15. The van der Waals surface area contributed by atoms with Crippen molar-refractivity contribution < 1.29 is 14.1 Å². The second-order valence-corrected chi connectivity index (χ2v) is 4.50. The Balaban J connectivity index is 1.99. The fourth-order valence-corrected chi connectivity index (χ4v) is 1.74. The molecule has 1 amide bonds. The Hall–Kier alpha value is -2.77. The van der Waals surface area contributed by atoms with Gasteiger partial charge in [-0.05, 0) is 18.6 Å². The third-order valence-electron chi connectivity index (χ3n) is 2.77. The van der Waals surface area contributed by atoms with Crippen LogP contribution >= 0.6 is 0 Å². The predicted octanol–water partition coefficient (Wildman–Crippen LogP) is 2.27. The lowest BCUT2D eigenvalue weighted by Gasteiger charge is -2.06. The number of amides is 1. The van der Waals surface area contributed by atoms with Crippen LogP contribution in [0.1, 0.15) is 12.0 Å². The van der Waals surface area contributed by atoms with Gasteiger partial charge in [0.15, 0.2) is 0 Å². The molecule has 0 saturated carbocycles. The summed E-state index contributed by atoms with van der Waals surface area (Å²) >= 11 is 0. The van der Waals surface area contributed by atoms with E-state index in [1.54, 1.807) is 17.1 Å². The van der Waals surface area contributed by atoms with Crippen LogP contribution in [-0.2, 0) is 11.3 Å². The molecular weight excluding hydrogens is 279 g/mol. The van der Waals surface area contributed by atoms with E-state index in [4.69, 9.17) is 0 Å². The van der Waals surface area contributed by atoms with Crippen LogP contribution in [0.15, 0.2) is 30.6 Å². The maximum atomic E-state index is 13.5. The van der Waals surface area contributed by atoms with Gasteiger partial charge in [0.05, 0.1) is 16.8 Å². The minimum Gasteiger partial charge on any atom is -0.323 e. The molecule has 0 spiro atoms. The number of halogens is 1. The van der Waals surface area contributed by atoms with Crippen molar-refractivity contribution in [2.75, 3.05) is 5.32 Å². The number of nitrogens with zero attached hydrogens (tertiary/aromatic N) is 3. The molecule has 1 aromatic carbocycles. The Bertz CT molecular complexity index is 684. The number of nitro groups is 1. The standard InChI is InChI=1S/C13H13FN4O3/c1-9-7-15-17(8-9)5-4-13(19)16-12-6-10(18(20)21)2-3-11(12)14/h2-3,6-8H,4-5H2,1H3,(H,16,19). The number of anilines is 1. The van der Waals surface area contributed by atoms with Gasteiger partial charge in [0.25, 0.3) is 5.69 Å². The van der Waals surface area contributed by atoms with Gasteiger partial charge in [-0.25, -0.2) is 4.39 Å². The molecule has 2 rings (SSSR count). The largest absolute Gasteiger partial charge is 0.323 e. The number of non-ortho nitro benzene ring substituents is 1. The van der Waals surface area contributed by atoms with E-state index < -0.39 is 16.6 Å². The maximum absolute atomic E-state index is 13.5. The van der Waals surface area contributed by atoms with Crippen molar-refractivity contribution >= 4 is 17.3 Å². The third-order valence-corrected chi connectivity index (χ3v) is 2.77. The van der Waals surface area contributed by atoms with Gasteiger partial charge in [0.1, 0.15) is 5.82 Å². The van der Waals surface area contributed by atoms with E-state index in [2.05, 4.69) is 10.4 Å². The van der Waals surface area contributed by atoms with Crippen molar-refractivity contribution in [1.29, 1.82) is 0 Å². The van der Waals surface area contributed by atoms with Crippen LogP contribution in [0, 0.1) is 22.9 Å². The molecule has 1 aromatic heterocycles. The predicted molar refractivity (Wildman–Crippen MR) is 73.3 cm³/mol. The zero-order chi connectivity index (χ0) is 15.4. The molecule has 0 aliphatic carbocycles. The van der Waals surface area contributed by atoms with Crippen molar-refractivity contribution in [3.8, 4) is 0 Å². The number of aryl methyl sites for hydroxylation is 2. The first-order valence-corrected chi connectivity index (χ1v) is 6.18. The summed E-state index contributed by atoms with van der Waals surface area (Å²) < 4.78 is 15.1. The number of rotatable bonds is 5. The van der Waals surface area contributed by atoms with E-state index in [1.165, 1.54) is 0 Å². The smallest absolute Gasteiger partial charge is 0.271 e. The average molecular weight is 292 g/mol. The highest BCUT2D eigenvalue weighted by Gasteiger charge is 2.13. The summed E-state index contributed by atoms with van der Waals surface area (Å²) in [7, 11) is 0. The van der Waals surface area contributed by atoms with E-state index >= 15 is 0 Å². The van der Waals surface area contributed by atoms with E-state index in [0.29, 0.717) is 6.54 Å². The molecule has 1 N–H and O–H groups in total. The molecule has 110 valence electrons. The van der Waals surface area contributed by atoms with Gasteiger partial charge in [0.2, 0.25) is 5.91 Å². The van der Waals surface area contributed by atoms with Gasteiger partial charge in [-0.3, -0.25) is 19.6 Å². The first-order valence-electron chi connectivity index (χ1n) is 6.18. The molecule has 0 aliphatic rings. The molecule has 8 heteroatoms. The van der Waals surface area contributed by atoms with Gasteiger partial charge in [-0.1, -0.05) is 0 Å².